The predicted octanol–water partition coefficient (Wildman–Crippen LogP) is 8.21. The first-order chi connectivity index (χ1) is 26.2. The van der Waals surface area contributed by atoms with Gasteiger partial charge < -0.3 is 30.8 Å². The van der Waals surface area contributed by atoms with Crippen LogP contribution in [0.25, 0.3) is 22.0 Å². The summed E-state index contributed by atoms with van der Waals surface area (Å²) in [5, 5.41) is 19.0. The number of hydrogen-bond acceptors (Lipinski definition) is 6. The van der Waals surface area contributed by atoms with Crippen LogP contribution in [0.15, 0.2) is 66.7 Å². The Morgan fingerprint density at radius 3 is 2.25 bits per heavy atom. The Hall–Kier alpha value is -5.45. The van der Waals surface area contributed by atoms with E-state index in [-0.39, 0.29) is 47.6 Å². The molecule has 2 aliphatic carbocycles. The van der Waals surface area contributed by atoms with Crippen molar-refractivity contribution in [3.8, 4) is 11.1 Å². The van der Waals surface area contributed by atoms with Crippen molar-refractivity contribution < 1.29 is 33.8 Å². The summed E-state index contributed by atoms with van der Waals surface area (Å²) in [4.78, 5) is 67.0. The minimum absolute atomic E-state index is 0.0466. The number of nitrogens with one attached hydrogen (secondary N) is 4. The quantitative estimate of drug-likeness (QED) is 0.0919. The second-order valence-corrected chi connectivity index (χ2v) is 16.3. The van der Waals surface area contributed by atoms with Crippen molar-refractivity contribution in [1.29, 1.82) is 0 Å². The number of ketones is 1. The van der Waals surface area contributed by atoms with Gasteiger partial charge in [-0.25, -0.2) is 9.59 Å². The van der Waals surface area contributed by atoms with E-state index in [4.69, 9.17) is 4.74 Å². The summed E-state index contributed by atoms with van der Waals surface area (Å²) in [7, 11) is 0. The molecule has 1 aromatic heterocycles. The van der Waals surface area contributed by atoms with E-state index in [1.165, 1.54) is 0 Å². The van der Waals surface area contributed by atoms with Crippen molar-refractivity contribution in [3.63, 3.8) is 0 Å². The molecule has 0 saturated heterocycles. The molecule has 4 aromatic rings. The molecule has 0 bridgehead atoms. The van der Waals surface area contributed by atoms with E-state index in [9.17, 15) is 29.1 Å². The highest BCUT2D eigenvalue weighted by atomic mass is 16.6. The molecule has 11 heteroatoms. The van der Waals surface area contributed by atoms with Gasteiger partial charge in [0.25, 0.3) is 5.91 Å². The largest absolute Gasteiger partial charge is 0.477 e. The van der Waals surface area contributed by atoms with E-state index in [0.29, 0.717) is 48.0 Å². The molecule has 5 N–H and O–H groups in total. The minimum Gasteiger partial charge on any atom is -0.477 e. The van der Waals surface area contributed by atoms with Crippen molar-refractivity contribution >= 4 is 46.3 Å². The van der Waals surface area contributed by atoms with Gasteiger partial charge in [0.1, 0.15) is 17.1 Å². The van der Waals surface area contributed by atoms with Gasteiger partial charge in [-0.2, -0.15) is 0 Å². The summed E-state index contributed by atoms with van der Waals surface area (Å²) in [5.41, 5.74) is 5.11. The smallest absolute Gasteiger partial charge is 0.407 e. The van der Waals surface area contributed by atoms with E-state index < -0.39 is 23.6 Å². The Balaban J connectivity index is 1.13. The van der Waals surface area contributed by atoms with Crippen molar-refractivity contribution in [1.82, 2.24) is 15.6 Å². The van der Waals surface area contributed by atoms with Gasteiger partial charge in [-0.3, -0.25) is 14.4 Å². The second-order valence-electron chi connectivity index (χ2n) is 16.3. The van der Waals surface area contributed by atoms with E-state index in [0.717, 1.165) is 54.4 Å². The number of carboxylic acids is 1. The van der Waals surface area contributed by atoms with E-state index in [2.05, 4.69) is 20.9 Å². The van der Waals surface area contributed by atoms with Crippen molar-refractivity contribution in [2.75, 3.05) is 11.9 Å². The fourth-order valence-electron chi connectivity index (χ4n) is 7.52. The number of rotatable bonds is 13. The van der Waals surface area contributed by atoms with Gasteiger partial charge in [0.2, 0.25) is 5.91 Å². The number of carbonyl (C=O) groups is 5. The molecule has 3 amide bonds. The Morgan fingerprint density at radius 2 is 1.62 bits per heavy atom. The van der Waals surface area contributed by atoms with Crippen LogP contribution < -0.4 is 16.0 Å². The molecule has 3 aromatic carbocycles. The van der Waals surface area contributed by atoms with Crippen LogP contribution in [-0.2, 0) is 20.7 Å². The Labute approximate surface area is 322 Å². The number of aromatic nitrogens is 1. The lowest BCUT2D eigenvalue weighted by Gasteiger charge is -2.29. The third-order valence-corrected chi connectivity index (χ3v) is 10.9. The number of aromatic carboxylic acids is 1. The van der Waals surface area contributed by atoms with Crippen LogP contribution in [0.3, 0.4) is 0 Å². The molecular formula is C44H52N4O7. The number of amides is 3. The lowest BCUT2D eigenvalue weighted by atomic mass is 9.77. The molecule has 290 valence electrons. The highest BCUT2D eigenvalue weighted by Crippen LogP contribution is 2.32. The molecule has 0 radical (unpaired) electrons. The molecule has 0 spiro atoms. The summed E-state index contributed by atoms with van der Waals surface area (Å²) < 4.78 is 5.36. The molecule has 0 unspecified atom stereocenters. The van der Waals surface area contributed by atoms with Gasteiger partial charge in [-0.1, -0.05) is 36.4 Å². The lowest BCUT2D eigenvalue weighted by Crippen LogP contribution is -2.39. The summed E-state index contributed by atoms with van der Waals surface area (Å²) in [6, 6.07) is 20.7. The number of aryl methyl sites for hydroxylation is 1. The molecule has 55 heavy (non-hydrogen) atoms. The molecular weight excluding hydrogens is 697 g/mol. The highest BCUT2D eigenvalue weighted by Gasteiger charge is 2.31. The van der Waals surface area contributed by atoms with E-state index in [1.54, 1.807) is 24.3 Å². The zero-order valence-electron chi connectivity index (χ0n) is 32.1. The number of ether oxygens (including phenoxy) is 1. The topological polar surface area (TPSA) is 167 Å². The van der Waals surface area contributed by atoms with E-state index in [1.807, 2.05) is 70.2 Å². The molecule has 0 aliphatic heterocycles. The van der Waals surface area contributed by atoms with Gasteiger partial charge in [0.05, 0.1) is 0 Å². The maximum atomic E-state index is 13.9. The monoisotopic (exact) mass is 748 g/mol. The Bertz CT molecular complexity index is 2050. The van der Waals surface area contributed by atoms with Crippen molar-refractivity contribution in [3.05, 3.63) is 89.1 Å². The number of carbonyl (C=O) groups excluding carboxylic acids is 4. The Kier molecular flexibility index (Phi) is 12.1. The normalized spacial score (nSPS) is 17.8. The number of hydrogen-bond donors (Lipinski definition) is 5. The first kappa shape index (κ1) is 39.2. The summed E-state index contributed by atoms with van der Waals surface area (Å²) in [5.74, 6) is -1.91. The van der Waals surface area contributed by atoms with Crippen molar-refractivity contribution in [2.45, 2.75) is 97.1 Å². The van der Waals surface area contributed by atoms with Crippen LogP contribution in [0.1, 0.15) is 104 Å². The number of benzene rings is 3. The molecule has 2 saturated carbocycles. The predicted molar refractivity (Wildman–Crippen MR) is 212 cm³/mol. The van der Waals surface area contributed by atoms with Crippen LogP contribution in [0, 0.1) is 24.7 Å². The maximum absolute atomic E-state index is 13.9. The van der Waals surface area contributed by atoms with Gasteiger partial charge in [-0.15, -0.1) is 0 Å². The number of carboxylic acid groups (broad SMARTS) is 1. The number of alkyl carbamates (subject to hydrolysis) is 1. The number of aromatic amines is 1. The van der Waals surface area contributed by atoms with Gasteiger partial charge in [0, 0.05) is 53.0 Å². The average Bonchev–Trinajstić information content (AvgIpc) is 3.56. The van der Waals surface area contributed by atoms with Crippen LogP contribution in [0.4, 0.5) is 10.5 Å². The van der Waals surface area contributed by atoms with E-state index >= 15 is 0 Å². The third kappa shape index (κ3) is 10.4. The summed E-state index contributed by atoms with van der Waals surface area (Å²) in [6.45, 7) is 7.96. The van der Waals surface area contributed by atoms with Crippen LogP contribution in [0.5, 0.6) is 0 Å². The average molecular weight is 749 g/mol. The fraction of sp³-hybridized carbons (Fsp3) is 0.432. The van der Waals surface area contributed by atoms with Gasteiger partial charge in [-0.05, 0) is 138 Å². The first-order valence-electron chi connectivity index (χ1n) is 19.4. The number of Topliss-reactive ketones (excluding diaryl/α,β-unsaturated/α-hetero) is 1. The molecule has 1 heterocycles. The van der Waals surface area contributed by atoms with Crippen LogP contribution in [0.2, 0.25) is 0 Å². The SMILES string of the molecule is Cc1cc(C(=O)NC2CCC2)ccc1-c1ccc(C[C@H](CC(=O)C2CCC(CNC(=O)OC(C)(C)C)CC2)C(=O)Nc2ccc3cc(C(=O)O)[nH]c3c2)cc1. The number of anilines is 1. The maximum Gasteiger partial charge on any atom is 0.407 e. The van der Waals surface area contributed by atoms with Gasteiger partial charge >= 0.3 is 12.1 Å². The lowest BCUT2D eigenvalue weighted by molar-refractivity contribution is -0.129. The number of fused-ring (bicyclic) bond motifs is 1. The zero-order chi connectivity index (χ0) is 39.3. The highest BCUT2D eigenvalue weighted by molar-refractivity contribution is 5.99. The number of H-pyrrole nitrogens is 1. The summed E-state index contributed by atoms with van der Waals surface area (Å²) >= 11 is 0. The standard InChI is InChI=1S/C44H52N4O7/c1-26-20-32(40(50)46-34-6-5-7-34)17-19-36(26)29-12-8-27(9-13-29)21-33(41(51)47-35-18-16-31-22-38(42(52)53)48-37(31)24-35)23-39(49)30-14-10-28(11-15-30)25-45-43(54)55-44(2,3)4/h8-9,12-13,16-20,22,24,28,30,33-34,48H,5-7,10-11,14-15,21,23,25H2,1-4H3,(H,45,54)(H,46,50)(H,47,51)(H,52,53)/t28?,30?,33-/m1/s1. The molecule has 11 nitrogen and oxygen atoms in total. The minimum atomic E-state index is -1.07. The molecule has 6 rings (SSSR count). The summed E-state index contributed by atoms with van der Waals surface area (Å²) in [6.07, 6.45) is 6.18. The molecule has 1 atom stereocenters. The fourth-order valence-corrected chi connectivity index (χ4v) is 7.52. The molecule has 2 fully saturated rings. The molecule has 2 aliphatic rings. The third-order valence-electron chi connectivity index (χ3n) is 10.9. The van der Waals surface area contributed by atoms with Gasteiger partial charge in [0.15, 0.2) is 0 Å². The second kappa shape index (κ2) is 16.9. The first-order valence-corrected chi connectivity index (χ1v) is 19.4. The Morgan fingerprint density at radius 1 is 0.891 bits per heavy atom. The van der Waals surface area contributed by atoms with Crippen molar-refractivity contribution in [2.24, 2.45) is 17.8 Å². The van der Waals surface area contributed by atoms with Crippen LogP contribution in [-0.4, -0.2) is 57.9 Å². The zero-order valence-corrected chi connectivity index (χ0v) is 32.1. The van der Waals surface area contributed by atoms with Crippen LogP contribution >= 0.6 is 0 Å².